The minimum atomic E-state index is -0.700. The van der Waals surface area contributed by atoms with Gasteiger partial charge in [-0.3, -0.25) is 4.79 Å². The molecule has 2 aliphatic rings. The molecule has 20 heavy (non-hydrogen) atoms. The molecule has 2 fully saturated rings. The maximum atomic E-state index is 12.6. The van der Waals surface area contributed by atoms with E-state index in [0.717, 1.165) is 12.8 Å². The molecular formula is C16H24N2OS. The van der Waals surface area contributed by atoms with Crippen LogP contribution in [0.25, 0.3) is 0 Å². The number of nitrogens with two attached hydrogens (primary N) is 1. The van der Waals surface area contributed by atoms with Gasteiger partial charge in [-0.1, -0.05) is 18.9 Å². The van der Waals surface area contributed by atoms with Crippen LogP contribution in [0.2, 0.25) is 0 Å². The van der Waals surface area contributed by atoms with E-state index >= 15 is 0 Å². The summed E-state index contributed by atoms with van der Waals surface area (Å²) >= 11 is 1.74. The second kappa shape index (κ2) is 5.49. The van der Waals surface area contributed by atoms with E-state index in [1.807, 2.05) is 6.92 Å². The summed E-state index contributed by atoms with van der Waals surface area (Å²) in [6.45, 7) is 1.89. The van der Waals surface area contributed by atoms with Crippen molar-refractivity contribution in [2.24, 2.45) is 17.6 Å². The van der Waals surface area contributed by atoms with Crippen LogP contribution >= 0.6 is 11.3 Å². The molecule has 2 unspecified atom stereocenters. The van der Waals surface area contributed by atoms with E-state index in [9.17, 15) is 4.79 Å². The van der Waals surface area contributed by atoms with Gasteiger partial charge >= 0.3 is 0 Å². The quantitative estimate of drug-likeness (QED) is 0.875. The van der Waals surface area contributed by atoms with E-state index < -0.39 is 5.54 Å². The molecule has 0 aromatic carbocycles. The molecule has 0 bridgehead atoms. The molecule has 1 aromatic rings. The third kappa shape index (κ3) is 2.77. The monoisotopic (exact) mass is 292 g/mol. The van der Waals surface area contributed by atoms with Gasteiger partial charge in [-0.05, 0) is 55.9 Å². The third-order valence-electron chi connectivity index (χ3n) is 4.92. The van der Waals surface area contributed by atoms with Gasteiger partial charge in [0.2, 0.25) is 5.91 Å². The largest absolute Gasteiger partial charge is 0.347 e. The fourth-order valence-corrected chi connectivity index (χ4v) is 4.21. The highest BCUT2D eigenvalue weighted by molar-refractivity contribution is 7.10. The second-order valence-electron chi connectivity index (χ2n) is 6.57. The Labute approximate surface area is 124 Å². The van der Waals surface area contributed by atoms with Gasteiger partial charge in [0, 0.05) is 4.88 Å². The first kappa shape index (κ1) is 14.1. The molecule has 110 valence electrons. The van der Waals surface area contributed by atoms with Crippen LogP contribution in [0.5, 0.6) is 0 Å². The Hall–Kier alpha value is -0.870. The highest BCUT2D eigenvalue weighted by Gasteiger charge is 2.45. The van der Waals surface area contributed by atoms with Crippen molar-refractivity contribution >= 4 is 17.2 Å². The van der Waals surface area contributed by atoms with E-state index in [4.69, 9.17) is 5.73 Å². The van der Waals surface area contributed by atoms with Crippen LogP contribution in [0.3, 0.4) is 0 Å². The fourth-order valence-electron chi connectivity index (χ4n) is 3.35. The molecular weight excluding hydrogens is 268 g/mol. The van der Waals surface area contributed by atoms with Crippen LogP contribution in [0.15, 0.2) is 17.5 Å². The Morgan fingerprint density at radius 3 is 2.65 bits per heavy atom. The molecule has 2 saturated carbocycles. The first-order valence-corrected chi connectivity index (χ1v) is 8.60. The Kier molecular flexibility index (Phi) is 3.87. The lowest BCUT2D eigenvalue weighted by atomic mass is 9.92. The summed E-state index contributed by atoms with van der Waals surface area (Å²) in [6.07, 6.45) is 7.18. The first-order chi connectivity index (χ1) is 9.59. The van der Waals surface area contributed by atoms with Gasteiger partial charge in [0.25, 0.3) is 0 Å². The van der Waals surface area contributed by atoms with Crippen LogP contribution in [0.4, 0.5) is 0 Å². The predicted molar refractivity (Wildman–Crippen MR) is 82.5 cm³/mol. The number of hydrogen-bond acceptors (Lipinski definition) is 3. The first-order valence-electron chi connectivity index (χ1n) is 7.72. The molecule has 0 radical (unpaired) electrons. The summed E-state index contributed by atoms with van der Waals surface area (Å²) in [5.41, 5.74) is 5.56. The SMILES string of the molecule is CC(N)(C(=O)NC(c1cccs1)C1CCCC1)C1CC1. The van der Waals surface area contributed by atoms with Gasteiger partial charge in [-0.2, -0.15) is 0 Å². The minimum absolute atomic E-state index is 0.0327. The Bertz CT molecular complexity index is 459. The zero-order valence-corrected chi connectivity index (χ0v) is 12.9. The summed E-state index contributed by atoms with van der Waals surface area (Å²) < 4.78 is 0. The molecule has 3 nitrogen and oxygen atoms in total. The Morgan fingerprint density at radius 1 is 1.40 bits per heavy atom. The zero-order chi connectivity index (χ0) is 14.2. The highest BCUT2D eigenvalue weighted by Crippen LogP contribution is 2.40. The molecule has 2 atom stereocenters. The van der Waals surface area contributed by atoms with E-state index in [1.165, 1.54) is 30.6 Å². The van der Waals surface area contributed by atoms with Crippen LogP contribution in [-0.4, -0.2) is 11.4 Å². The lowest BCUT2D eigenvalue weighted by Crippen LogP contribution is -2.54. The molecule has 4 heteroatoms. The summed E-state index contributed by atoms with van der Waals surface area (Å²) in [6, 6.07) is 4.36. The smallest absolute Gasteiger partial charge is 0.240 e. The third-order valence-corrected chi connectivity index (χ3v) is 5.88. The lowest BCUT2D eigenvalue weighted by molar-refractivity contribution is -0.127. The Balaban J connectivity index is 1.74. The zero-order valence-electron chi connectivity index (χ0n) is 12.1. The number of carbonyl (C=O) groups excluding carboxylic acids is 1. The van der Waals surface area contributed by atoms with Crippen molar-refractivity contribution in [3.63, 3.8) is 0 Å². The fraction of sp³-hybridized carbons (Fsp3) is 0.688. The molecule has 1 amide bonds. The number of amides is 1. The topological polar surface area (TPSA) is 55.1 Å². The number of thiophene rings is 1. The van der Waals surface area contributed by atoms with Gasteiger partial charge in [0.05, 0.1) is 11.6 Å². The lowest BCUT2D eigenvalue weighted by Gasteiger charge is -2.30. The van der Waals surface area contributed by atoms with Crippen LogP contribution in [0, 0.1) is 11.8 Å². The molecule has 2 aliphatic carbocycles. The van der Waals surface area contributed by atoms with E-state index in [0.29, 0.717) is 11.8 Å². The maximum absolute atomic E-state index is 12.6. The summed E-state index contributed by atoms with van der Waals surface area (Å²) in [5, 5.41) is 5.36. The summed E-state index contributed by atoms with van der Waals surface area (Å²) in [5.74, 6) is 0.980. The summed E-state index contributed by atoms with van der Waals surface area (Å²) in [4.78, 5) is 13.9. The molecule has 1 aromatic heterocycles. The molecule has 1 heterocycles. The van der Waals surface area contributed by atoms with Gasteiger partial charge < -0.3 is 11.1 Å². The average Bonchev–Trinajstić information content (AvgIpc) is 2.94. The minimum Gasteiger partial charge on any atom is -0.347 e. The average molecular weight is 292 g/mol. The predicted octanol–water partition coefficient (Wildman–Crippen LogP) is 3.22. The maximum Gasteiger partial charge on any atom is 0.240 e. The number of rotatable bonds is 5. The number of nitrogens with one attached hydrogen (secondary N) is 1. The van der Waals surface area contributed by atoms with Crippen molar-refractivity contribution in [2.45, 2.75) is 57.0 Å². The van der Waals surface area contributed by atoms with E-state index in [2.05, 4.69) is 22.8 Å². The van der Waals surface area contributed by atoms with Crippen molar-refractivity contribution in [3.05, 3.63) is 22.4 Å². The van der Waals surface area contributed by atoms with Crippen molar-refractivity contribution in [1.82, 2.24) is 5.32 Å². The van der Waals surface area contributed by atoms with Gasteiger partial charge in [-0.25, -0.2) is 0 Å². The molecule has 3 N–H and O–H groups in total. The van der Waals surface area contributed by atoms with Crippen molar-refractivity contribution in [2.75, 3.05) is 0 Å². The standard InChI is InChI=1S/C16H24N2OS/c1-16(17,12-8-9-12)15(19)18-14(11-5-2-3-6-11)13-7-4-10-20-13/h4,7,10-12,14H,2-3,5-6,8-9,17H2,1H3,(H,18,19). The van der Waals surface area contributed by atoms with Gasteiger partial charge in [0.15, 0.2) is 0 Å². The number of carbonyl (C=O) groups is 1. The Morgan fingerprint density at radius 2 is 2.10 bits per heavy atom. The normalized spacial score (nSPS) is 24.3. The molecule has 0 saturated heterocycles. The second-order valence-corrected chi connectivity index (χ2v) is 7.55. The van der Waals surface area contributed by atoms with E-state index in [-0.39, 0.29) is 11.9 Å². The van der Waals surface area contributed by atoms with Crippen molar-refractivity contribution < 1.29 is 4.79 Å². The van der Waals surface area contributed by atoms with Crippen LogP contribution < -0.4 is 11.1 Å². The van der Waals surface area contributed by atoms with Crippen LogP contribution in [-0.2, 0) is 4.79 Å². The molecule has 0 aliphatic heterocycles. The number of hydrogen-bond donors (Lipinski definition) is 2. The molecule has 3 rings (SSSR count). The van der Waals surface area contributed by atoms with Gasteiger partial charge in [-0.15, -0.1) is 11.3 Å². The van der Waals surface area contributed by atoms with E-state index in [1.54, 1.807) is 11.3 Å². The highest BCUT2D eigenvalue weighted by atomic mass is 32.1. The van der Waals surface area contributed by atoms with Gasteiger partial charge in [0.1, 0.15) is 0 Å². The van der Waals surface area contributed by atoms with Crippen molar-refractivity contribution in [3.8, 4) is 0 Å². The van der Waals surface area contributed by atoms with Crippen molar-refractivity contribution in [1.29, 1.82) is 0 Å². The van der Waals surface area contributed by atoms with Crippen LogP contribution in [0.1, 0.15) is 56.4 Å². The summed E-state index contributed by atoms with van der Waals surface area (Å²) in [7, 11) is 0. The molecule has 0 spiro atoms.